The first-order valence-corrected chi connectivity index (χ1v) is 2.62. The summed E-state index contributed by atoms with van der Waals surface area (Å²) in [5.41, 5.74) is 0. The lowest BCUT2D eigenvalue weighted by molar-refractivity contribution is 0.204. The molecule has 0 heterocycles. The smallest absolute Gasteiger partial charge is 0.239 e. The fourth-order valence-electron chi connectivity index (χ4n) is 0.344. The summed E-state index contributed by atoms with van der Waals surface area (Å²) in [4.78, 5) is 12.7. The first kappa shape index (κ1) is 8.08. The van der Waals surface area contributed by atoms with Crippen molar-refractivity contribution in [3.63, 3.8) is 0 Å². The third-order valence-electron chi connectivity index (χ3n) is 0.721. The molecule has 0 aromatic rings. The van der Waals surface area contributed by atoms with E-state index in [1.807, 2.05) is 0 Å². The van der Waals surface area contributed by atoms with E-state index in [1.165, 1.54) is 12.3 Å². The van der Waals surface area contributed by atoms with Crippen molar-refractivity contribution in [3.05, 3.63) is 12.3 Å². The SMILES string of the molecule is COCC/C=C\N=C=O. The summed E-state index contributed by atoms with van der Waals surface area (Å²) < 4.78 is 4.73. The lowest BCUT2D eigenvalue weighted by Gasteiger charge is -1.87. The van der Waals surface area contributed by atoms with Crippen molar-refractivity contribution in [1.82, 2.24) is 0 Å². The van der Waals surface area contributed by atoms with Gasteiger partial charge in [0.25, 0.3) is 0 Å². The van der Waals surface area contributed by atoms with Crippen LogP contribution in [0.3, 0.4) is 0 Å². The molecule has 0 spiro atoms. The highest BCUT2D eigenvalue weighted by molar-refractivity contribution is 5.34. The summed E-state index contributed by atoms with van der Waals surface area (Å²) in [5, 5.41) is 0. The van der Waals surface area contributed by atoms with Gasteiger partial charge in [0.15, 0.2) is 0 Å². The summed E-state index contributed by atoms with van der Waals surface area (Å²) in [6.45, 7) is 0.658. The number of rotatable bonds is 4. The van der Waals surface area contributed by atoms with E-state index in [2.05, 4.69) is 4.99 Å². The number of carbonyl (C=O) groups excluding carboxylic acids is 1. The summed E-state index contributed by atoms with van der Waals surface area (Å²) >= 11 is 0. The first-order valence-electron chi connectivity index (χ1n) is 2.62. The van der Waals surface area contributed by atoms with Gasteiger partial charge < -0.3 is 4.74 Å². The minimum absolute atomic E-state index is 0.658. The van der Waals surface area contributed by atoms with Gasteiger partial charge in [-0.15, -0.1) is 0 Å². The standard InChI is InChI=1S/C6H9NO2/c1-9-5-3-2-4-7-6-8/h2,4H,3,5H2,1H3/b4-2-. The molecular formula is C6H9NO2. The maximum Gasteiger partial charge on any atom is 0.239 e. The predicted molar refractivity (Wildman–Crippen MR) is 33.8 cm³/mol. The van der Waals surface area contributed by atoms with Crippen LogP contribution >= 0.6 is 0 Å². The highest BCUT2D eigenvalue weighted by Gasteiger charge is 1.73. The van der Waals surface area contributed by atoms with E-state index < -0.39 is 0 Å². The van der Waals surface area contributed by atoms with Crippen LogP contribution in [0.2, 0.25) is 0 Å². The van der Waals surface area contributed by atoms with Gasteiger partial charge in [-0.25, -0.2) is 4.79 Å². The van der Waals surface area contributed by atoms with Crippen LogP contribution in [-0.4, -0.2) is 19.8 Å². The van der Waals surface area contributed by atoms with E-state index in [-0.39, 0.29) is 0 Å². The second kappa shape index (κ2) is 7.08. The molecule has 0 aliphatic heterocycles. The summed E-state index contributed by atoms with van der Waals surface area (Å²) in [7, 11) is 1.62. The Morgan fingerprint density at radius 1 is 1.78 bits per heavy atom. The van der Waals surface area contributed by atoms with E-state index >= 15 is 0 Å². The van der Waals surface area contributed by atoms with Gasteiger partial charge >= 0.3 is 0 Å². The Morgan fingerprint density at radius 3 is 3.11 bits per heavy atom. The van der Waals surface area contributed by atoms with Crippen LogP contribution in [0.15, 0.2) is 17.3 Å². The summed E-state index contributed by atoms with van der Waals surface area (Å²) in [5.74, 6) is 0. The molecule has 0 unspecified atom stereocenters. The molecule has 0 aromatic heterocycles. The predicted octanol–water partition coefficient (Wildman–Crippen LogP) is 0.872. The Hall–Kier alpha value is -0.920. The minimum Gasteiger partial charge on any atom is -0.384 e. The minimum atomic E-state index is 0.658. The van der Waals surface area contributed by atoms with Crippen LogP contribution < -0.4 is 0 Å². The van der Waals surface area contributed by atoms with Gasteiger partial charge in [-0.1, -0.05) is 6.08 Å². The molecule has 0 radical (unpaired) electrons. The monoisotopic (exact) mass is 127 g/mol. The lowest BCUT2D eigenvalue weighted by Crippen LogP contribution is -1.82. The molecule has 0 amide bonds. The molecule has 50 valence electrons. The Balaban J connectivity index is 3.14. The second-order valence-electron chi connectivity index (χ2n) is 1.39. The number of hydrogen-bond acceptors (Lipinski definition) is 3. The van der Waals surface area contributed by atoms with Crippen LogP contribution in [0.4, 0.5) is 0 Å². The topological polar surface area (TPSA) is 38.7 Å². The summed E-state index contributed by atoms with van der Waals surface area (Å²) in [6, 6.07) is 0. The van der Waals surface area contributed by atoms with Crippen molar-refractivity contribution in [2.24, 2.45) is 4.99 Å². The highest BCUT2D eigenvalue weighted by atomic mass is 16.5. The zero-order valence-corrected chi connectivity index (χ0v) is 5.33. The Bertz CT molecular complexity index is 125. The van der Waals surface area contributed by atoms with Gasteiger partial charge in [0.2, 0.25) is 6.08 Å². The largest absolute Gasteiger partial charge is 0.384 e. The van der Waals surface area contributed by atoms with Crippen molar-refractivity contribution in [3.8, 4) is 0 Å². The summed E-state index contributed by atoms with van der Waals surface area (Å²) in [6.07, 6.45) is 5.32. The molecule has 0 aromatic carbocycles. The van der Waals surface area contributed by atoms with Crippen molar-refractivity contribution in [2.75, 3.05) is 13.7 Å². The number of hydrogen-bond donors (Lipinski definition) is 0. The van der Waals surface area contributed by atoms with Crippen molar-refractivity contribution >= 4 is 6.08 Å². The van der Waals surface area contributed by atoms with E-state index in [0.717, 1.165) is 6.42 Å². The third-order valence-corrected chi connectivity index (χ3v) is 0.721. The molecular weight excluding hydrogens is 118 g/mol. The van der Waals surface area contributed by atoms with E-state index in [1.54, 1.807) is 13.2 Å². The molecule has 0 rings (SSSR count). The van der Waals surface area contributed by atoms with Crippen LogP contribution in [0.1, 0.15) is 6.42 Å². The average molecular weight is 127 g/mol. The molecule has 3 heteroatoms. The number of isocyanates is 1. The van der Waals surface area contributed by atoms with Gasteiger partial charge in [0, 0.05) is 19.9 Å². The molecule has 0 fully saturated rings. The number of nitrogens with zero attached hydrogens (tertiary/aromatic N) is 1. The van der Waals surface area contributed by atoms with E-state index in [4.69, 9.17) is 4.74 Å². The van der Waals surface area contributed by atoms with Crippen LogP contribution in [-0.2, 0) is 9.53 Å². The van der Waals surface area contributed by atoms with Gasteiger partial charge in [-0.2, -0.15) is 4.99 Å². The molecule has 3 nitrogen and oxygen atoms in total. The maximum atomic E-state index is 9.46. The number of aliphatic imine (C=N–C) groups is 1. The molecule has 0 aliphatic rings. The van der Waals surface area contributed by atoms with Crippen molar-refractivity contribution in [2.45, 2.75) is 6.42 Å². The first-order chi connectivity index (χ1) is 4.41. The van der Waals surface area contributed by atoms with Crippen LogP contribution in [0, 0.1) is 0 Å². The average Bonchev–Trinajstić information content (AvgIpc) is 1.89. The zero-order valence-electron chi connectivity index (χ0n) is 5.33. The Morgan fingerprint density at radius 2 is 2.56 bits per heavy atom. The molecule has 9 heavy (non-hydrogen) atoms. The molecule has 0 saturated carbocycles. The zero-order chi connectivity index (χ0) is 6.95. The Kier molecular flexibility index (Phi) is 6.36. The number of methoxy groups -OCH3 is 1. The molecule has 0 N–H and O–H groups in total. The normalized spacial score (nSPS) is 9.44. The van der Waals surface area contributed by atoms with Crippen molar-refractivity contribution < 1.29 is 9.53 Å². The van der Waals surface area contributed by atoms with E-state index in [0.29, 0.717) is 6.61 Å². The van der Waals surface area contributed by atoms with Crippen LogP contribution in [0.5, 0.6) is 0 Å². The van der Waals surface area contributed by atoms with Crippen molar-refractivity contribution in [1.29, 1.82) is 0 Å². The Labute approximate surface area is 54.0 Å². The maximum absolute atomic E-state index is 9.46. The fourth-order valence-corrected chi connectivity index (χ4v) is 0.344. The van der Waals surface area contributed by atoms with Crippen LogP contribution in [0.25, 0.3) is 0 Å². The molecule has 0 atom stereocenters. The quantitative estimate of drug-likeness (QED) is 0.319. The molecule has 0 saturated heterocycles. The van der Waals surface area contributed by atoms with Gasteiger partial charge in [-0.3, -0.25) is 0 Å². The van der Waals surface area contributed by atoms with Gasteiger partial charge in [0.1, 0.15) is 0 Å². The lowest BCUT2D eigenvalue weighted by atomic mass is 10.4. The van der Waals surface area contributed by atoms with Gasteiger partial charge in [0.05, 0.1) is 0 Å². The molecule has 0 bridgehead atoms. The second-order valence-corrected chi connectivity index (χ2v) is 1.39. The van der Waals surface area contributed by atoms with E-state index in [9.17, 15) is 4.79 Å². The fraction of sp³-hybridized carbons (Fsp3) is 0.500. The van der Waals surface area contributed by atoms with Gasteiger partial charge in [-0.05, 0) is 6.42 Å². The molecule has 0 aliphatic carbocycles. The third kappa shape index (κ3) is 7.08. The number of ether oxygens (including phenoxy) is 1. The highest BCUT2D eigenvalue weighted by Crippen LogP contribution is 1.82.